The molecule has 0 aliphatic carbocycles. The molecule has 6 nitrogen and oxygen atoms in total. The van der Waals surface area contributed by atoms with E-state index in [0.717, 1.165) is 103 Å². The number of ether oxygens (including phenoxy) is 3. The summed E-state index contributed by atoms with van der Waals surface area (Å²) in [6.07, 6.45) is 88.9. The number of esters is 3. The first kappa shape index (κ1) is 75.6. The van der Waals surface area contributed by atoms with E-state index in [9.17, 15) is 14.4 Å². The number of unbranched alkanes of at least 4 members (excludes halogenated alkanes) is 37. The molecule has 0 spiro atoms. The zero-order chi connectivity index (χ0) is 57.1. The lowest BCUT2D eigenvalue weighted by atomic mass is 10.0. The molecule has 0 heterocycles. The monoisotopic (exact) mass is 1100 g/mol. The quantitative estimate of drug-likeness (QED) is 0.0261. The zero-order valence-electron chi connectivity index (χ0n) is 52.4. The first-order chi connectivity index (χ1) is 39.0. The van der Waals surface area contributed by atoms with Crippen molar-refractivity contribution in [2.75, 3.05) is 13.2 Å². The van der Waals surface area contributed by atoms with Gasteiger partial charge in [-0.2, -0.15) is 0 Å². The molecule has 0 aromatic rings. The van der Waals surface area contributed by atoms with Crippen LogP contribution < -0.4 is 0 Å². The minimum atomic E-state index is -0.785. The van der Waals surface area contributed by atoms with Gasteiger partial charge in [0.05, 0.1) is 0 Å². The van der Waals surface area contributed by atoms with Crippen molar-refractivity contribution in [2.45, 2.75) is 348 Å². The van der Waals surface area contributed by atoms with Crippen LogP contribution in [0.5, 0.6) is 0 Å². The Labute approximate surface area is 490 Å². The van der Waals surface area contributed by atoms with Crippen molar-refractivity contribution in [1.29, 1.82) is 0 Å². The van der Waals surface area contributed by atoms with E-state index in [4.69, 9.17) is 14.2 Å². The van der Waals surface area contributed by atoms with Crippen LogP contribution in [-0.2, 0) is 28.6 Å². The van der Waals surface area contributed by atoms with Gasteiger partial charge in [-0.3, -0.25) is 14.4 Å². The predicted molar refractivity (Wildman–Crippen MR) is 344 cm³/mol. The average molecular weight is 1100 g/mol. The fourth-order valence-corrected chi connectivity index (χ4v) is 9.76. The van der Waals surface area contributed by atoms with E-state index in [1.807, 2.05) is 0 Å². The van der Waals surface area contributed by atoms with Crippen molar-refractivity contribution < 1.29 is 28.6 Å². The third-order valence-electron chi connectivity index (χ3n) is 14.9. The van der Waals surface area contributed by atoms with E-state index >= 15 is 0 Å². The zero-order valence-corrected chi connectivity index (χ0v) is 52.4. The van der Waals surface area contributed by atoms with Gasteiger partial charge in [-0.1, -0.05) is 292 Å². The Kier molecular flexibility index (Phi) is 64.2. The second kappa shape index (κ2) is 67.1. The highest BCUT2D eigenvalue weighted by Crippen LogP contribution is 2.17. The maximum atomic E-state index is 12.9. The Morgan fingerprint density at radius 3 is 0.810 bits per heavy atom. The molecule has 0 aromatic carbocycles. The summed E-state index contributed by atoms with van der Waals surface area (Å²) in [5, 5.41) is 0. The van der Waals surface area contributed by atoms with E-state index in [2.05, 4.69) is 106 Å². The topological polar surface area (TPSA) is 78.9 Å². The second-order valence-corrected chi connectivity index (χ2v) is 22.7. The first-order valence-electron chi connectivity index (χ1n) is 34.1. The van der Waals surface area contributed by atoms with Crippen LogP contribution in [-0.4, -0.2) is 37.2 Å². The fourth-order valence-electron chi connectivity index (χ4n) is 9.76. The van der Waals surface area contributed by atoms with Gasteiger partial charge in [0, 0.05) is 19.3 Å². The highest BCUT2D eigenvalue weighted by molar-refractivity contribution is 5.71. The molecule has 0 radical (unpaired) electrons. The summed E-state index contributed by atoms with van der Waals surface area (Å²) in [7, 11) is 0. The van der Waals surface area contributed by atoms with Crippen molar-refractivity contribution in [3.05, 3.63) is 85.1 Å². The molecular weight excluding hydrogens is 973 g/mol. The molecule has 0 fully saturated rings. The number of allylic oxidation sites excluding steroid dienone is 14. The molecule has 0 aliphatic heterocycles. The molecule has 0 saturated heterocycles. The van der Waals surface area contributed by atoms with Crippen LogP contribution in [0.15, 0.2) is 85.1 Å². The molecule has 0 bridgehead atoms. The summed E-state index contributed by atoms with van der Waals surface area (Å²) < 4.78 is 17.0. The third kappa shape index (κ3) is 65.3. The normalized spacial score (nSPS) is 12.6. The van der Waals surface area contributed by atoms with Gasteiger partial charge in [-0.05, 0) is 116 Å². The van der Waals surface area contributed by atoms with Gasteiger partial charge in [0.25, 0.3) is 0 Å². The van der Waals surface area contributed by atoms with Crippen molar-refractivity contribution in [3.8, 4) is 0 Å². The SMILES string of the molecule is CC/C=C\C/C=C\C/C=C\C/C=C\CCCCCCCCCCCCCCCCCCC(=O)OCC(COC(=O)CCCCCCC/C=C\C/C=C\CCCCC)OC(=O)CCCCCCCCC/C=C\CCCCCCCC. The van der Waals surface area contributed by atoms with Gasteiger partial charge in [-0.15, -0.1) is 0 Å². The van der Waals surface area contributed by atoms with Crippen LogP contribution in [0.1, 0.15) is 342 Å². The van der Waals surface area contributed by atoms with Gasteiger partial charge in [0.1, 0.15) is 13.2 Å². The van der Waals surface area contributed by atoms with Crippen molar-refractivity contribution >= 4 is 17.9 Å². The lowest BCUT2D eigenvalue weighted by molar-refractivity contribution is -0.167. The lowest BCUT2D eigenvalue weighted by Crippen LogP contribution is -2.30. The van der Waals surface area contributed by atoms with Crippen molar-refractivity contribution in [2.24, 2.45) is 0 Å². The molecule has 79 heavy (non-hydrogen) atoms. The largest absolute Gasteiger partial charge is 0.462 e. The summed E-state index contributed by atoms with van der Waals surface area (Å²) >= 11 is 0. The lowest BCUT2D eigenvalue weighted by Gasteiger charge is -2.18. The molecule has 0 amide bonds. The van der Waals surface area contributed by atoms with E-state index < -0.39 is 6.10 Å². The van der Waals surface area contributed by atoms with E-state index in [1.165, 1.54) is 199 Å². The minimum Gasteiger partial charge on any atom is -0.462 e. The smallest absolute Gasteiger partial charge is 0.306 e. The molecule has 0 rings (SSSR count). The summed E-state index contributed by atoms with van der Waals surface area (Å²) in [5.74, 6) is -0.882. The summed E-state index contributed by atoms with van der Waals surface area (Å²) in [5.41, 5.74) is 0. The maximum Gasteiger partial charge on any atom is 0.306 e. The van der Waals surface area contributed by atoms with Crippen molar-refractivity contribution in [1.82, 2.24) is 0 Å². The van der Waals surface area contributed by atoms with Crippen LogP contribution in [0.3, 0.4) is 0 Å². The number of carbonyl (C=O) groups excluding carboxylic acids is 3. The molecular formula is C73H128O6. The number of hydrogen-bond acceptors (Lipinski definition) is 6. The van der Waals surface area contributed by atoms with Gasteiger partial charge in [0.15, 0.2) is 6.10 Å². The second-order valence-electron chi connectivity index (χ2n) is 22.7. The standard InChI is InChI=1S/C73H128O6/c1-4-7-10-13-16-19-22-25-28-30-31-32-33-34-35-36-37-38-39-40-41-43-45-48-51-54-57-60-63-66-72(75)78-69-70(68-77-71(74)65-62-59-56-53-50-47-44-27-24-21-18-15-12-9-6-3)79-73(76)67-64-61-58-55-52-49-46-42-29-26-23-20-17-14-11-8-5-2/h7,10,16,18-19,21,25-29,31-32,44,70H,4-6,8-9,11-15,17,20,22-24,30,33-43,45-69H2,1-3H3/b10-7-,19-16-,21-18-,28-25-,29-26-,32-31-,44-27-. The Bertz CT molecular complexity index is 1500. The number of hydrogen-bond donors (Lipinski definition) is 0. The van der Waals surface area contributed by atoms with Crippen LogP contribution in [0.4, 0.5) is 0 Å². The Balaban J connectivity index is 4.26. The molecule has 0 saturated carbocycles. The fraction of sp³-hybridized carbons (Fsp3) is 0.767. The van der Waals surface area contributed by atoms with E-state index in [1.54, 1.807) is 0 Å². The first-order valence-corrected chi connectivity index (χ1v) is 34.1. The highest BCUT2D eigenvalue weighted by Gasteiger charge is 2.19. The third-order valence-corrected chi connectivity index (χ3v) is 14.9. The van der Waals surface area contributed by atoms with Crippen LogP contribution in [0, 0.1) is 0 Å². The van der Waals surface area contributed by atoms with Gasteiger partial charge in [0.2, 0.25) is 0 Å². The molecule has 1 atom stereocenters. The molecule has 1 unspecified atom stereocenters. The van der Waals surface area contributed by atoms with Crippen LogP contribution in [0.25, 0.3) is 0 Å². The molecule has 0 aromatic heterocycles. The van der Waals surface area contributed by atoms with Gasteiger partial charge in [-0.25, -0.2) is 0 Å². The Morgan fingerprint density at radius 2 is 0.494 bits per heavy atom. The summed E-state index contributed by atoms with van der Waals surface area (Å²) in [6, 6.07) is 0. The van der Waals surface area contributed by atoms with Crippen molar-refractivity contribution in [3.63, 3.8) is 0 Å². The molecule has 0 N–H and O–H groups in total. The minimum absolute atomic E-state index is 0.0798. The summed E-state index contributed by atoms with van der Waals surface area (Å²) in [4.78, 5) is 38.4. The Morgan fingerprint density at radius 1 is 0.266 bits per heavy atom. The van der Waals surface area contributed by atoms with Gasteiger partial charge >= 0.3 is 17.9 Å². The maximum absolute atomic E-state index is 12.9. The number of carbonyl (C=O) groups is 3. The predicted octanol–water partition coefficient (Wildman–Crippen LogP) is 23.4. The number of rotatable bonds is 62. The van der Waals surface area contributed by atoms with E-state index in [-0.39, 0.29) is 31.1 Å². The molecule has 456 valence electrons. The Hall–Kier alpha value is -3.41. The van der Waals surface area contributed by atoms with Crippen LogP contribution >= 0.6 is 0 Å². The average Bonchev–Trinajstić information content (AvgIpc) is 3.45. The molecule has 6 heteroatoms. The summed E-state index contributed by atoms with van der Waals surface area (Å²) in [6.45, 7) is 6.52. The molecule has 0 aliphatic rings. The highest BCUT2D eigenvalue weighted by atomic mass is 16.6. The van der Waals surface area contributed by atoms with E-state index in [0.29, 0.717) is 19.3 Å². The van der Waals surface area contributed by atoms with Gasteiger partial charge < -0.3 is 14.2 Å². The van der Waals surface area contributed by atoms with Crippen LogP contribution in [0.2, 0.25) is 0 Å².